The summed E-state index contributed by atoms with van der Waals surface area (Å²) in [6.07, 6.45) is -9.55. The van der Waals surface area contributed by atoms with Crippen molar-refractivity contribution < 1.29 is 31.1 Å². The average molecular weight is 445 g/mol. The zero-order valence-electron chi connectivity index (χ0n) is 15.8. The second-order valence-electron chi connectivity index (χ2n) is 6.23. The second-order valence-corrected chi connectivity index (χ2v) is 6.23. The summed E-state index contributed by atoms with van der Waals surface area (Å²) in [4.78, 5) is 7.29. The van der Waals surface area contributed by atoms with Crippen LogP contribution in [-0.4, -0.2) is 31.8 Å². The SMILES string of the molecule is [C-]#[N+]c1ccc(N(CCOc2ccc(N=C(N)N)cc2)CC(F)(F)F)cc1C(F)(F)F. The Labute approximate surface area is 173 Å². The summed E-state index contributed by atoms with van der Waals surface area (Å²) in [6, 6.07) is 8.42. The van der Waals surface area contributed by atoms with Crippen molar-refractivity contribution in [2.24, 2.45) is 16.5 Å². The maximum Gasteiger partial charge on any atom is 0.407 e. The number of benzene rings is 2. The van der Waals surface area contributed by atoms with Crippen LogP contribution in [0.5, 0.6) is 5.75 Å². The van der Waals surface area contributed by atoms with Gasteiger partial charge < -0.3 is 21.1 Å². The van der Waals surface area contributed by atoms with Gasteiger partial charge >= 0.3 is 12.4 Å². The van der Waals surface area contributed by atoms with E-state index in [1.54, 1.807) is 0 Å². The quantitative estimate of drug-likeness (QED) is 0.282. The first-order valence-corrected chi connectivity index (χ1v) is 8.62. The van der Waals surface area contributed by atoms with E-state index in [1.165, 1.54) is 24.3 Å². The molecule has 6 nitrogen and oxygen atoms in total. The van der Waals surface area contributed by atoms with Crippen molar-refractivity contribution in [2.75, 3.05) is 24.6 Å². The first-order valence-electron chi connectivity index (χ1n) is 8.62. The van der Waals surface area contributed by atoms with E-state index in [9.17, 15) is 26.3 Å². The van der Waals surface area contributed by atoms with E-state index in [4.69, 9.17) is 22.8 Å². The van der Waals surface area contributed by atoms with Gasteiger partial charge in [0.1, 0.15) is 18.9 Å². The van der Waals surface area contributed by atoms with Crippen LogP contribution in [0, 0.1) is 6.57 Å². The van der Waals surface area contributed by atoms with Crippen molar-refractivity contribution in [1.29, 1.82) is 0 Å². The number of hydrogen-bond donors (Lipinski definition) is 2. The molecule has 0 atom stereocenters. The van der Waals surface area contributed by atoms with Gasteiger partial charge in [-0.1, -0.05) is 6.07 Å². The predicted octanol–water partition coefficient (Wildman–Crippen LogP) is 4.61. The van der Waals surface area contributed by atoms with E-state index >= 15 is 0 Å². The van der Waals surface area contributed by atoms with Crippen LogP contribution >= 0.6 is 0 Å². The van der Waals surface area contributed by atoms with Crippen LogP contribution in [0.3, 0.4) is 0 Å². The highest BCUT2D eigenvalue weighted by Gasteiger charge is 2.35. The van der Waals surface area contributed by atoms with E-state index in [0.717, 1.165) is 12.1 Å². The van der Waals surface area contributed by atoms with Gasteiger partial charge in [0.25, 0.3) is 0 Å². The first kappa shape index (κ1) is 23.7. The summed E-state index contributed by atoms with van der Waals surface area (Å²) < 4.78 is 83.8. The lowest BCUT2D eigenvalue weighted by Gasteiger charge is -2.27. The number of hydrogen-bond acceptors (Lipinski definition) is 3. The molecule has 2 aromatic rings. The zero-order valence-corrected chi connectivity index (χ0v) is 15.8. The van der Waals surface area contributed by atoms with Gasteiger partial charge in [-0.2, -0.15) is 26.3 Å². The van der Waals surface area contributed by atoms with Crippen LogP contribution in [-0.2, 0) is 6.18 Å². The molecule has 0 aliphatic rings. The molecule has 166 valence electrons. The Morgan fingerprint density at radius 1 is 1.03 bits per heavy atom. The van der Waals surface area contributed by atoms with Gasteiger partial charge in [-0.3, -0.25) is 0 Å². The number of ether oxygens (including phenoxy) is 1. The van der Waals surface area contributed by atoms with Crippen LogP contribution in [0.4, 0.5) is 43.4 Å². The lowest BCUT2D eigenvalue weighted by Crippen LogP contribution is -2.37. The van der Waals surface area contributed by atoms with E-state index in [1.807, 2.05) is 0 Å². The smallest absolute Gasteiger partial charge is 0.407 e. The van der Waals surface area contributed by atoms with E-state index in [2.05, 4.69) is 9.84 Å². The molecule has 0 aromatic heterocycles. The highest BCUT2D eigenvalue weighted by molar-refractivity contribution is 5.79. The number of alkyl halides is 6. The summed E-state index contributed by atoms with van der Waals surface area (Å²) >= 11 is 0. The molecule has 0 heterocycles. The molecular formula is C19H17F6N5O. The van der Waals surface area contributed by atoms with Gasteiger partial charge in [0.2, 0.25) is 0 Å². The molecule has 0 saturated heterocycles. The van der Waals surface area contributed by atoms with Gasteiger partial charge in [-0.05, 0) is 36.4 Å². The fraction of sp³-hybridized carbons (Fsp3) is 0.263. The monoisotopic (exact) mass is 445 g/mol. The highest BCUT2D eigenvalue weighted by Crippen LogP contribution is 2.39. The zero-order chi connectivity index (χ0) is 23.2. The normalized spacial score (nSPS) is 11.5. The number of anilines is 1. The van der Waals surface area contributed by atoms with Gasteiger partial charge in [-0.15, -0.1) is 0 Å². The number of nitrogens with two attached hydrogens (primary N) is 2. The molecule has 0 bridgehead atoms. The second kappa shape index (κ2) is 9.46. The lowest BCUT2D eigenvalue weighted by molar-refractivity contribution is -0.136. The molecule has 12 heteroatoms. The van der Waals surface area contributed by atoms with Crippen molar-refractivity contribution in [2.45, 2.75) is 12.4 Å². The molecule has 0 saturated carbocycles. The summed E-state index contributed by atoms with van der Waals surface area (Å²) in [7, 11) is 0. The molecule has 0 fully saturated rings. The van der Waals surface area contributed by atoms with Crippen LogP contribution in [0.25, 0.3) is 4.85 Å². The summed E-state index contributed by atoms with van der Waals surface area (Å²) in [5, 5.41) is 0. The summed E-state index contributed by atoms with van der Waals surface area (Å²) in [5.74, 6) is 0.153. The van der Waals surface area contributed by atoms with Crippen molar-refractivity contribution in [3.63, 3.8) is 0 Å². The molecule has 0 spiro atoms. The van der Waals surface area contributed by atoms with Crippen molar-refractivity contribution in [3.8, 4) is 5.75 Å². The van der Waals surface area contributed by atoms with Crippen LogP contribution in [0.2, 0.25) is 0 Å². The minimum absolute atomic E-state index is 0.154. The summed E-state index contributed by atoms with van der Waals surface area (Å²) in [5.41, 5.74) is 8.61. The topological polar surface area (TPSA) is 81.2 Å². The molecule has 0 aliphatic heterocycles. The Balaban J connectivity index is 2.18. The molecule has 4 N–H and O–H groups in total. The predicted molar refractivity (Wildman–Crippen MR) is 103 cm³/mol. The fourth-order valence-corrected chi connectivity index (χ4v) is 2.60. The molecule has 0 unspecified atom stereocenters. The van der Waals surface area contributed by atoms with Gasteiger partial charge in [0, 0.05) is 5.69 Å². The third-order valence-corrected chi connectivity index (χ3v) is 3.87. The molecule has 2 rings (SSSR count). The standard InChI is InChI=1S/C19H17F6N5O/c1-28-16-7-4-13(10-15(16)19(23,24)25)30(11-18(20,21)22)8-9-31-14-5-2-12(3-6-14)29-17(26)27/h2-7,10H,8-9,11H2,(H4,26,27,29). The molecule has 2 aromatic carbocycles. The van der Waals surface area contributed by atoms with Crippen LogP contribution in [0.1, 0.15) is 5.56 Å². The van der Waals surface area contributed by atoms with Gasteiger partial charge in [0.05, 0.1) is 24.4 Å². The molecular weight excluding hydrogens is 428 g/mol. The number of guanidine groups is 1. The molecule has 31 heavy (non-hydrogen) atoms. The number of rotatable bonds is 7. The van der Waals surface area contributed by atoms with Crippen LogP contribution < -0.4 is 21.1 Å². The minimum atomic E-state index is -4.88. The number of halogens is 6. The maximum atomic E-state index is 13.2. The van der Waals surface area contributed by atoms with Gasteiger partial charge in [0.15, 0.2) is 11.6 Å². The van der Waals surface area contributed by atoms with E-state index in [0.29, 0.717) is 22.4 Å². The molecule has 0 aliphatic carbocycles. The van der Waals surface area contributed by atoms with Gasteiger partial charge in [-0.25, -0.2) is 9.84 Å². The summed E-state index contributed by atoms with van der Waals surface area (Å²) in [6.45, 7) is 4.74. The minimum Gasteiger partial charge on any atom is -0.492 e. The maximum absolute atomic E-state index is 13.2. The van der Waals surface area contributed by atoms with Crippen molar-refractivity contribution >= 4 is 23.0 Å². The van der Waals surface area contributed by atoms with E-state index < -0.39 is 30.1 Å². The Kier molecular flexibility index (Phi) is 7.22. The average Bonchev–Trinajstić information content (AvgIpc) is 2.66. The Bertz CT molecular complexity index is 960. The fourth-order valence-electron chi connectivity index (χ4n) is 2.60. The van der Waals surface area contributed by atoms with Crippen LogP contribution in [0.15, 0.2) is 47.5 Å². The number of nitrogens with zero attached hydrogens (tertiary/aromatic N) is 3. The third-order valence-electron chi connectivity index (χ3n) is 3.87. The third kappa shape index (κ3) is 7.29. The van der Waals surface area contributed by atoms with Crippen molar-refractivity contribution in [3.05, 3.63) is 59.4 Å². The highest BCUT2D eigenvalue weighted by atomic mass is 19.4. The Morgan fingerprint density at radius 2 is 1.68 bits per heavy atom. The van der Waals surface area contributed by atoms with E-state index in [-0.39, 0.29) is 24.8 Å². The lowest BCUT2D eigenvalue weighted by atomic mass is 10.1. The largest absolute Gasteiger partial charge is 0.492 e. The molecule has 0 radical (unpaired) electrons. The molecule has 0 amide bonds. The Morgan fingerprint density at radius 3 is 2.19 bits per heavy atom. The first-order chi connectivity index (χ1) is 14.4. The van der Waals surface area contributed by atoms with Crippen molar-refractivity contribution in [1.82, 2.24) is 0 Å². The number of aliphatic imine (C=N–C) groups is 1. The Hall–Kier alpha value is -3.62.